The maximum absolute atomic E-state index is 12.0. The molecule has 1 aliphatic rings. The van der Waals surface area contributed by atoms with Gasteiger partial charge in [0.2, 0.25) is 0 Å². The van der Waals surface area contributed by atoms with Gasteiger partial charge in [-0.05, 0) is 77.5 Å². The molecule has 1 fully saturated rings. The first-order valence-corrected chi connectivity index (χ1v) is 9.99. The lowest BCUT2D eigenvalue weighted by atomic mass is 9.97. The smallest absolute Gasteiger partial charge is 0.410 e. The van der Waals surface area contributed by atoms with Crippen molar-refractivity contribution in [2.75, 3.05) is 38.2 Å². The SMILES string of the molecule is CSCCCCCNCC1CCN(C(=O)OC(C)(C)C)CC1. The standard InChI is InChI=1S/C17H34N2O2S/c1-17(2,3)21-16(20)19-11-8-15(9-12-19)14-18-10-6-5-7-13-22-4/h15,18H,5-14H2,1-4H3. The minimum atomic E-state index is -0.397. The van der Waals surface area contributed by atoms with Gasteiger partial charge in [0.25, 0.3) is 0 Å². The average molecular weight is 331 g/mol. The lowest BCUT2D eigenvalue weighted by Gasteiger charge is -2.33. The summed E-state index contributed by atoms with van der Waals surface area (Å²) in [5, 5.41) is 3.57. The summed E-state index contributed by atoms with van der Waals surface area (Å²) in [6.07, 6.45) is 8.10. The number of hydrogen-bond donors (Lipinski definition) is 1. The molecule has 0 spiro atoms. The van der Waals surface area contributed by atoms with Gasteiger partial charge in [-0.25, -0.2) is 4.79 Å². The molecular weight excluding hydrogens is 296 g/mol. The topological polar surface area (TPSA) is 41.6 Å². The molecule has 0 aromatic carbocycles. The van der Waals surface area contributed by atoms with Gasteiger partial charge in [-0.2, -0.15) is 11.8 Å². The van der Waals surface area contributed by atoms with Crippen LogP contribution >= 0.6 is 11.8 Å². The summed E-state index contributed by atoms with van der Waals surface area (Å²) in [6.45, 7) is 9.62. The van der Waals surface area contributed by atoms with Crippen LogP contribution in [0.3, 0.4) is 0 Å². The largest absolute Gasteiger partial charge is 0.444 e. The Morgan fingerprint density at radius 2 is 1.91 bits per heavy atom. The van der Waals surface area contributed by atoms with E-state index in [-0.39, 0.29) is 6.09 Å². The average Bonchev–Trinajstić information content (AvgIpc) is 2.45. The Labute approximate surface area is 140 Å². The van der Waals surface area contributed by atoms with E-state index in [9.17, 15) is 4.79 Å². The molecule has 0 saturated carbocycles. The molecule has 1 saturated heterocycles. The number of piperidine rings is 1. The second-order valence-corrected chi connectivity index (χ2v) is 8.15. The maximum Gasteiger partial charge on any atom is 0.410 e. The van der Waals surface area contributed by atoms with Crippen LogP contribution in [0, 0.1) is 5.92 Å². The van der Waals surface area contributed by atoms with Gasteiger partial charge >= 0.3 is 6.09 Å². The predicted octanol–water partition coefficient (Wildman–Crippen LogP) is 3.76. The Balaban J connectivity index is 2.06. The maximum atomic E-state index is 12.0. The molecule has 22 heavy (non-hydrogen) atoms. The van der Waals surface area contributed by atoms with E-state index >= 15 is 0 Å². The van der Waals surface area contributed by atoms with Gasteiger partial charge in [0, 0.05) is 13.1 Å². The number of unbranched alkanes of at least 4 members (excludes halogenated alkanes) is 2. The lowest BCUT2D eigenvalue weighted by Crippen LogP contribution is -2.43. The van der Waals surface area contributed by atoms with Gasteiger partial charge in [-0.15, -0.1) is 0 Å². The summed E-state index contributed by atoms with van der Waals surface area (Å²) >= 11 is 1.93. The first-order valence-electron chi connectivity index (χ1n) is 8.60. The van der Waals surface area contributed by atoms with Gasteiger partial charge in [0.05, 0.1) is 0 Å². The highest BCUT2D eigenvalue weighted by Gasteiger charge is 2.26. The van der Waals surface area contributed by atoms with Crippen LogP contribution in [0.2, 0.25) is 0 Å². The van der Waals surface area contributed by atoms with Crippen molar-refractivity contribution in [3.8, 4) is 0 Å². The third-order valence-corrected chi connectivity index (χ3v) is 4.60. The number of ether oxygens (including phenoxy) is 1. The highest BCUT2D eigenvalue weighted by Crippen LogP contribution is 2.19. The normalized spacial score (nSPS) is 16.8. The molecule has 0 radical (unpaired) electrons. The molecule has 1 rings (SSSR count). The number of hydrogen-bond acceptors (Lipinski definition) is 4. The summed E-state index contributed by atoms with van der Waals surface area (Å²) < 4.78 is 5.43. The van der Waals surface area contributed by atoms with E-state index < -0.39 is 5.60 Å². The first-order chi connectivity index (χ1) is 10.4. The summed E-state index contributed by atoms with van der Waals surface area (Å²) in [4.78, 5) is 13.8. The van der Waals surface area contributed by atoms with Gasteiger partial charge in [0.1, 0.15) is 5.60 Å². The summed E-state index contributed by atoms with van der Waals surface area (Å²) in [6, 6.07) is 0. The Morgan fingerprint density at radius 1 is 1.23 bits per heavy atom. The molecule has 1 amide bonds. The third-order valence-electron chi connectivity index (χ3n) is 3.90. The van der Waals surface area contributed by atoms with Crippen LogP contribution in [0.1, 0.15) is 52.9 Å². The highest BCUT2D eigenvalue weighted by atomic mass is 32.2. The zero-order chi connectivity index (χ0) is 16.4. The molecule has 0 aromatic heterocycles. The quantitative estimate of drug-likeness (QED) is 0.688. The molecule has 1 N–H and O–H groups in total. The van der Waals surface area contributed by atoms with Crippen LogP contribution in [0.4, 0.5) is 4.79 Å². The molecule has 4 nitrogen and oxygen atoms in total. The molecule has 0 atom stereocenters. The minimum absolute atomic E-state index is 0.160. The second kappa shape index (κ2) is 10.4. The van der Waals surface area contributed by atoms with Crippen molar-refractivity contribution in [3.63, 3.8) is 0 Å². The minimum Gasteiger partial charge on any atom is -0.444 e. The number of thioether (sulfide) groups is 1. The third kappa shape index (κ3) is 8.89. The number of carbonyl (C=O) groups is 1. The number of amides is 1. The fourth-order valence-electron chi connectivity index (χ4n) is 2.63. The van der Waals surface area contributed by atoms with E-state index in [1.54, 1.807) is 0 Å². The number of carbonyl (C=O) groups excluding carboxylic acids is 1. The van der Waals surface area contributed by atoms with E-state index in [1.165, 1.54) is 25.0 Å². The van der Waals surface area contributed by atoms with E-state index in [4.69, 9.17) is 4.74 Å². The summed E-state index contributed by atoms with van der Waals surface area (Å²) in [5.41, 5.74) is -0.397. The second-order valence-electron chi connectivity index (χ2n) is 7.17. The van der Waals surface area contributed by atoms with Crippen molar-refractivity contribution in [3.05, 3.63) is 0 Å². The van der Waals surface area contributed by atoms with Crippen molar-refractivity contribution in [2.24, 2.45) is 5.92 Å². The molecule has 5 heteroatoms. The van der Waals surface area contributed by atoms with Crippen molar-refractivity contribution in [1.82, 2.24) is 10.2 Å². The van der Waals surface area contributed by atoms with Gasteiger partial charge in [-0.1, -0.05) is 6.42 Å². The van der Waals surface area contributed by atoms with Crippen molar-refractivity contribution < 1.29 is 9.53 Å². The number of nitrogens with one attached hydrogen (secondary N) is 1. The Kier molecular flexibility index (Phi) is 9.25. The molecular formula is C17H34N2O2S. The van der Waals surface area contributed by atoms with E-state index in [2.05, 4.69) is 11.6 Å². The van der Waals surface area contributed by atoms with Gasteiger partial charge in [0.15, 0.2) is 0 Å². The van der Waals surface area contributed by atoms with Crippen molar-refractivity contribution in [2.45, 2.75) is 58.5 Å². The van der Waals surface area contributed by atoms with Gasteiger partial charge in [-0.3, -0.25) is 0 Å². The number of nitrogens with zero attached hydrogens (tertiary/aromatic N) is 1. The Bertz CT molecular complexity index is 310. The summed E-state index contributed by atoms with van der Waals surface area (Å²) in [7, 11) is 0. The fraction of sp³-hybridized carbons (Fsp3) is 0.941. The van der Waals surface area contributed by atoms with E-state index in [0.717, 1.165) is 39.0 Å². The van der Waals surface area contributed by atoms with Crippen LogP contribution < -0.4 is 5.32 Å². The zero-order valence-corrected chi connectivity index (χ0v) is 15.6. The monoisotopic (exact) mass is 330 g/mol. The Hall–Kier alpha value is -0.420. The first kappa shape index (κ1) is 19.6. The molecule has 0 unspecified atom stereocenters. The summed E-state index contributed by atoms with van der Waals surface area (Å²) in [5.74, 6) is 1.98. The molecule has 0 bridgehead atoms. The molecule has 0 aromatic rings. The van der Waals surface area contributed by atoms with E-state index in [0.29, 0.717) is 5.92 Å². The molecule has 1 aliphatic heterocycles. The van der Waals surface area contributed by atoms with E-state index in [1.807, 2.05) is 37.4 Å². The number of likely N-dealkylation sites (tertiary alicyclic amines) is 1. The zero-order valence-electron chi connectivity index (χ0n) is 14.8. The molecule has 130 valence electrons. The van der Waals surface area contributed by atoms with Crippen LogP contribution in [-0.2, 0) is 4.74 Å². The predicted molar refractivity (Wildman–Crippen MR) is 95.6 cm³/mol. The number of rotatable bonds is 8. The molecule has 1 heterocycles. The van der Waals surface area contributed by atoms with Crippen LogP contribution in [0.5, 0.6) is 0 Å². The lowest BCUT2D eigenvalue weighted by molar-refractivity contribution is 0.0184. The molecule has 0 aliphatic carbocycles. The van der Waals surface area contributed by atoms with Crippen LogP contribution in [-0.4, -0.2) is 54.8 Å². The van der Waals surface area contributed by atoms with Gasteiger partial charge < -0.3 is 15.0 Å². The van der Waals surface area contributed by atoms with Crippen molar-refractivity contribution in [1.29, 1.82) is 0 Å². The van der Waals surface area contributed by atoms with Crippen molar-refractivity contribution >= 4 is 17.9 Å². The fourth-order valence-corrected chi connectivity index (χ4v) is 3.12. The highest BCUT2D eigenvalue weighted by molar-refractivity contribution is 7.98. The van der Waals surface area contributed by atoms with Crippen LogP contribution in [0.25, 0.3) is 0 Å². The Morgan fingerprint density at radius 3 is 2.50 bits per heavy atom. The van der Waals surface area contributed by atoms with Crippen LogP contribution in [0.15, 0.2) is 0 Å².